The van der Waals surface area contributed by atoms with Gasteiger partial charge in [0.2, 0.25) is 0 Å². The van der Waals surface area contributed by atoms with Crippen molar-refractivity contribution in [3.63, 3.8) is 0 Å². The topological polar surface area (TPSA) is 80.4 Å². The molecule has 2 amide bonds. The SMILES string of the molecule is Cn1nc(C(=O)N2CCCCC2)cc1NC(=O)c1ccco1. The summed E-state index contributed by atoms with van der Waals surface area (Å²) in [5.41, 5.74) is 0.346. The molecule has 2 aromatic heterocycles. The van der Waals surface area contributed by atoms with E-state index < -0.39 is 0 Å². The molecule has 0 aliphatic carbocycles. The molecule has 1 saturated heterocycles. The second-order valence-corrected chi connectivity index (χ2v) is 5.32. The van der Waals surface area contributed by atoms with Gasteiger partial charge < -0.3 is 14.6 Å². The van der Waals surface area contributed by atoms with Gasteiger partial charge in [-0.05, 0) is 31.4 Å². The van der Waals surface area contributed by atoms with Gasteiger partial charge in [0.05, 0.1) is 6.26 Å². The molecule has 22 heavy (non-hydrogen) atoms. The van der Waals surface area contributed by atoms with Crippen LogP contribution in [0.25, 0.3) is 0 Å². The predicted octanol–water partition coefficient (Wildman–Crippen LogP) is 1.89. The standard InChI is InChI=1S/C15H18N4O3/c1-18-13(16-14(20)12-6-5-9-22-12)10-11(17-18)15(21)19-7-3-2-4-8-19/h5-6,9-10H,2-4,7-8H2,1H3,(H,16,20). The lowest BCUT2D eigenvalue weighted by Crippen LogP contribution is -2.35. The molecule has 1 N–H and O–H groups in total. The van der Waals surface area contributed by atoms with Crippen molar-refractivity contribution >= 4 is 17.6 Å². The number of carbonyl (C=O) groups excluding carboxylic acids is 2. The predicted molar refractivity (Wildman–Crippen MR) is 79.6 cm³/mol. The summed E-state index contributed by atoms with van der Waals surface area (Å²) in [4.78, 5) is 26.2. The number of amides is 2. The first kappa shape index (κ1) is 14.4. The van der Waals surface area contributed by atoms with Crippen molar-refractivity contribution in [2.75, 3.05) is 18.4 Å². The number of nitrogens with zero attached hydrogens (tertiary/aromatic N) is 3. The highest BCUT2D eigenvalue weighted by Crippen LogP contribution is 2.16. The number of anilines is 1. The number of likely N-dealkylation sites (tertiary alicyclic amines) is 1. The van der Waals surface area contributed by atoms with Gasteiger partial charge in [-0.25, -0.2) is 0 Å². The maximum absolute atomic E-state index is 12.4. The van der Waals surface area contributed by atoms with Gasteiger partial charge in [0.1, 0.15) is 5.82 Å². The summed E-state index contributed by atoms with van der Waals surface area (Å²) in [6, 6.07) is 4.81. The number of aromatic nitrogens is 2. The van der Waals surface area contributed by atoms with E-state index in [1.54, 1.807) is 25.2 Å². The van der Waals surface area contributed by atoms with Crippen LogP contribution >= 0.6 is 0 Å². The van der Waals surface area contributed by atoms with Crippen LogP contribution in [0.4, 0.5) is 5.82 Å². The Hall–Kier alpha value is -2.57. The summed E-state index contributed by atoms with van der Waals surface area (Å²) in [5, 5.41) is 6.89. The van der Waals surface area contributed by atoms with Crippen LogP contribution in [0.5, 0.6) is 0 Å². The van der Waals surface area contributed by atoms with Crippen LogP contribution < -0.4 is 5.32 Å². The molecule has 3 heterocycles. The van der Waals surface area contributed by atoms with E-state index in [2.05, 4.69) is 10.4 Å². The van der Waals surface area contributed by atoms with E-state index in [0.717, 1.165) is 32.4 Å². The van der Waals surface area contributed by atoms with Crippen LogP contribution in [0.2, 0.25) is 0 Å². The van der Waals surface area contributed by atoms with Crippen LogP contribution in [0.1, 0.15) is 40.3 Å². The number of carbonyl (C=O) groups is 2. The molecule has 1 aliphatic heterocycles. The number of hydrogen-bond donors (Lipinski definition) is 1. The monoisotopic (exact) mass is 302 g/mol. The molecular formula is C15H18N4O3. The third-order valence-electron chi connectivity index (χ3n) is 3.73. The van der Waals surface area contributed by atoms with Crippen molar-refractivity contribution in [2.24, 2.45) is 7.05 Å². The Morgan fingerprint density at radius 1 is 1.27 bits per heavy atom. The smallest absolute Gasteiger partial charge is 0.292 e. The molecule has 0 saturated carbocycles. The van der Waals surface area contributed by atoms with Crippen LogP contribution in [0.15, 0.2) is 28.9 Å². The van der Waals surface area contributed by atoms with E-state index in [0.29, 0.717) is 11.5 Å². The van der Waals surface area contributed by atoms with Crippen molar-refractivity contribution < 1.29 is 14.0 Å². The van der Waals surface area contributed by atoms with E-state index in [1.807, 2.05) is 4.90 Å². The van der Waals surface area contributed by atoms with Crippen molar-refractivity contribution in [2.45, 2.75) is 19.3 Å². The lowest BCUT2D eigenvalue weighted by atomic mass is 10.1. The molecule has 0 atom stereocenters. The fourth-order valence-corrected chi connectivity index (χ4v) is 2.53. The average Bonchev–Trinajstić information content (AvgIpc) is 3.18. The molecule has 1 fully saturated rings. The minimum Gasteiger partial charge on any atom is -0.459 e. The Labute approximate surface area is 127 Å². The second kappa shape index (κ2) is 6.05. The third kappa shape index (κ3) is 2.88. The quantitative estimate of drug-likeness (QED) is 0.939. The van der Waals surface area contributed by atoms with Crippen molar-refractivity contribution in [3.05, 3.63) is 35.9 Å². The molecule has 7 nitrogen and oxygen atoms in total. The zero-order chi connectivity index (χ0) is 15.5. The Kier molecular flexibility index (Phi) is 3.95. The molecule has 0 radical (unpaired) electrons. The number of aryl methyl sites for hydroxylation is 1. The first-order valence-corrected chi connectivity index (χ1v) is 7.33. The molecule has 0 bridgehead atoms. The highest BCUT2D eigenvalue weighted by Gasteiger charge is 2.22. The third-order valence-corrected chi connectivity index (χ3v) is 3.73. The summed E-state index contributed by atoms with van der Waals surface area (Å²) in [5.74, 6) is 0.214. The zero-order valence-electron chi connectivity index (χ0n) is 12.4. The lowest BCUT2D eigenvalue weighted by Gasteiger charge is -2.25. The van der Waals surface area contributed by atoms with Gasteiger partial charge in [0, 0.05) is 26.2 Å². The summed E-state index contributed by atoms with van der Waals surface area (Å²) in [7, 11) is 1.69. The van der Waals surface area contributed by atoms with E-state index in [9.17, 15) is 9.59 Å². The molecule has 2 aromatic rings. The maximum atomic E-state index is 12.4. The number of nitrogens with one attached hydrogen (secondary N) is 1. The van der Waals surface area contributed by atoms with E-state index in [1.165, 1.54) is 10.9 Å². The van der Waals surface area contributed by atoms with Gasteiger partial charge >= 0.3 is 0 Å². The molecule has 0 aromatic carbocycles. The number of piperidine rings is 1. The van der Waals surface area contributed by atoms with Gasteiger partial charge in [-0.2, -0.15) is 5.10 Å². The van der Waals surface area contributed by atoms with Crippen LogP contribution in [0, 0.1) is 0 Å². The van der Waals surface area contributed by atoms with Crippen LogP contribution in [0.3, 0.4) is 0 Å². The summed E-state index contributed by atoms with van der Waals surface area (Å²) >= 11 is 0. The average molecular weight is 302 g/mol. The summed E-state index contributed by atoms with van der Waals surface area (Å²) < 4.78 is 6.52. The number of furan rings is 1. The second-order valence-electron chi connectivity index (χ2n) is 5.32. The Morgan fingerprint density at radius 3 is 2.73 bits per heavy atom. The Morgan fingerprint density at radius 2 is 2.05 bits per heavy atom. The first-order valence-electron chi connectivity index (χ1n) is 7.33. The molecule has 0 unspecified atom stereocenters. The molecule has 116 valence electrons. The molecule has 7 heteroatoms. The molecule has 3 rings (SSSR count). The van der Waals surface area contributed by atoms with Gasteiger partial charge in [-0.15, -0.1) is 0 Å². The highest BCUT2D eigenvalue weighted by molar-refractivity contribution is 6.02. The molecule has 1 aliphatic rings. The zero-order valence-corrected chi connectivity index (χ0v) is 12.4. The minimum absolute atomic E-state index is 0.0891. The fourth-order valence-electron chi connectivity index (χ4n) is 2.53. The fraction of sp³-hybridized carbons (Fsp3) is 0.400. The van der Waals surface area contributed by atoms with Crippen molar-refractivity contribution in [1.29, 1.82) is 0 Å². The Balaban J connectivity index is 1.73. The summed E-state index contributed by atoms with van der Waals surface area (Å²) in [6.45, 7) is 1.53. The van der Waals surface area contributed by atoms with Gasteiger partial charge in [0.15, 0.2) is 11.5 Å². The minimum atomic E-state index is -0.370. The summed E-state index contributed by atoms with van der Waals surface area (Å²) in [6.07, 6.45) is 4.65. The van der Waals surface area contributed by atoms with E-state index in [4.69, 9.17) is 4.42 Å². The van der Waals surface area contributed by atoms with Crippen molar-refractivity contribution in [3.8, 4) is 0 Å². The maximum Gasteiger partial charge on any atom is 0.292 e. The van der Waals surface area contributed by atoms with E-state index >= 15 is 0 Å². The molecular weight excluding hydrogens is 284 g/mol. The van der Waals surface area contributed by atoms with Gasteiger partial charge in [-0.3, -0.25) is 14.3 Å². The van der Waals surface area contributed by atoms with Crippen LogP contribution in [-0.4, -0.2) is 39.6 Å². The Bertz CT molecular complexity index is 669. The highest BCUT2D eigenvalue weighted by atomic mass is 16.3. The van der Waals surface area contributed by atoms with E-state index in [-0.39, 0.29) is 17.6 Å². The number of rotatable bonds is 3. The first-order chi connectivity index (χ1) is 10.6. The normalized spacial score (nSPS) is 14.9. The largest absolute Gasteiger partial charge is 0.459 e. The van der Waals surface area contributed by atoms with Crippen molar-refractivity contribution in [1.82, 2.24) is 14.7 Å². The van der Waals surface area contributed by atoms with Gasteiger partial charge in [0.25, 0.3) is 11.8 Å². The number of hydrogen-bond acceptors (Lipinski definition) is 4. The molecule has 0 spiro atoms. The van der Waals surface area contributed by atoms with Gasteiger partial charge in [-0.1, -0.05) is 0 Å². The van der Waals surface area contributed by atoms with Crippen LogP contribution in [-0.2, 0) is 7.05 Å². The lowest BCUT2D eigenvalue weighted by molar-refractivity contribution is 0.0717.